The molecule has 0 N–H and O–H groups in total. The van der Waals surface area contributed by atoms with Crippen molar-refractivity contribution in [2.45, 2.75) is 27.3 Å². The molecule has 0 aliphatic heterocycles. The highest BCUT2D eigenvalue weighted by molar-refractivity contribution is 6.32. The third kappa shape index (κ3) is 3.65. The summed E-state index contributed by atoms with van der Waals surface area (Å²) in [7, 11) is 0. The number of halogens is 1. The Kier molecular flexibility index (Phi) is 4.91. The molecule has 0 spiro atoms. The molecule has 144 valence electrons. The van der Waals surface area contributed by atoms with Gasteiger partial charge in [-0.15, -0.1) is 10.2 Å². The first-order valence-corrected chi connectivity index (χ1v) is 9.47. The van der Waals surface area contributed by atoms with Crippen LogP contribution >= 0.6 is 11.6 Å². The number of benzene rings is 2. The molecule has 4 rings (SSSR count). The van der Waals surface area contributed by atoms with Gasteiger partial charge in [0.1, 0.15) is 6.07 Å². The first-order chi connectivity index (χ1) is 14.0. The fourth-order valence-corrected chi connectivity index (χ4v) is 3.59. The molecular weight excluding hydrogens is 386 g/mol. The van der Waals surface area contributed by atoms with E-state index < -0.39 is 0 Å². The Labute approximate surface area is 173 Å². The van der Waals surface area contributed by atoms with E-state index >= 15 is 0 Å². The van der Waals surface area contributed by atoms with E-state index in [-0.39, 0.29) is 0 Å². The molecule has 0 amide bonds. The highest BCUT2D eigenvalue weighted by atomic mass is 35.5. The molecule has 0 aliphatic carbocycles. The zero-order valence-corrected chi connectivity index (χ0v) is 17.0. The SMILES string of the molecule is Cc1nnc(-c2ccc(Cn3nc(C)c(-c4ccc(C#N)c(Cl)c4)c3C)cc2)o1. The Morgan fingerprint density at radius 1 is 1.03 bits per heavy atom. The molecule has 0 atom stereocenters. The van der Waals surface area contributed by atoms with Gasteiger partial charge in [-0.3, -0.25) is 4.68 Å². The fraction of sp³-hybridized carbons (Fsp3) is 0.182. The highest BCUT2D eigenvalue weighted by Crippen LogP contribution is 2.30. The van der Waals surface area contributed by atoms with E-state index in [1.165, 1.54) is 0 Å². The molecule has 2 aromatic carbocycles. The van der Waals surface area contributed by atoms with E-state index in [0.29, 0.717) is 28.9 Å². The third-order valence-corrected chi connectivity index (χ3v) is 5.13. The van der Waals surface area contributed by atoms with Gasteiger partial charge < -0.3 is 4.42 Å². The molecule has 0 aliphatic rings. The van der Waals surface area contributed by atoms with Gasteiger partial charge in [-0.2, -0.15) is 10.4 Å². The lowest BCUT2D eigenvalue weighted by Gasteiger charge is -2.07. The number of hydrogen-bond donors (Lipinski definition) is 0. The summed E-state index contributed by atoms with van der Waals surface area (Å²) in [4.78, 5) is 0. The van der Waals surface area contributed by atoms with Crippen molar-refractivity contribution < 1.29 is 4.42 Å². The number of aromatic nitrogens is 4. The highest BCUT2D eigenvalue weighted by Gasteiger charge is 2.15. The van der Waals surface area contributed by atoms with Crippen LogP contribution in [0.2, 0.25) is 5.02 Å². The maximum Gasteiger partial charge on any atom is 0.247 e. The zero-order valence-electron chi connectivity index (χ0n) is 16.3. The standard InChI is InChI=1S/C22H18ClN5O/c1-13-21(18-8-9-19(11-24)20(23)10-18)14(2)28(27-13)12-16-4-6-17(7-5-16)22-26-25-15(3)29-22/h4-10H,12H2,1-3H3. The van der Waals surface area contributed by atoms with Gasteiger partial charge in [0.2, 0.25) is 11.8 Å². The Bertz CT molecular complexity index is 1230. The Morgan fingerprint density at radius 3 is 2.38 bits per heavy atom. The molecular formula is C22H18ClN5O. The summed E-state index contributed by atoms with van der Waals surface area (Å²) in [5.74, 6) is 1.06. The van der Waals surface area contributed by atoms with Crippen LogP contribution in [0, 0.1) is 32.1 Å². The van der Waals surface area contributed by atoms with Crippen molar-refractivity contribution in [2.75, 3.05) is 0 Å². The first kappa shape index (κ1) is 18.9. The van der Waals surface area contributed by atoms with E-state index in [1.54, 1.807) is 13.0 Å². The average Bonchev–Trinajstić information content (AvgIpc) is 3.25. The van der Waals surface area contributed by atoms with Crippen molar-refractivity contribution in [3.8, 4) is 28.7 Å². The van der Waals surface area contributed by atoms with Crippen LogP contribution in [0.25, 0.3) is 22.6 Å². The molecule has 0 saturated carbocycles. The second-order valence-corrected chi connectivity index (χ2v) is 7.24. The molecule has 2 heterocycles. The predicted octanol–water partition coefficient (Wildman–Crippen LogP) is 5.10. The number of rotatable bonds is 4. The van der Waals surface area contributed by atoms with Crippen molar-refractivity contribution >= 4 is 11.6 Å². The molecule has 0 saturated heterocycles. The van der Waals surface area contributed by atoms with Crippen LogP contribution in [0.4, 0.5) is 0 Å². The Morgan fingerprint density at radius 2 is 1.76 bits per heavy atom. The topological polar surface area (TPSA) is 80.5 Å². The molecule has 0 bridgehead atoms. The van der Waals surface area contributed by atoms with Gasteiger partial charge in [-0.05, 0) is 49.2 Å². The van der Waals surface area contributed by atoms with E-state index in [2.05, 4.69) is 16.3 Å². The summed E-state index contributed by atoms with van der Waals surface area (Å²) in [6.07, 6.45) is 0. The molecule has 0 radical (unpaired) electrons. The zero-order chi connectivity index (χ0) is 20.5. The lowest BCUT2D eigenvalue weighted by molar-refractivity contribution is 0.532. The number of nitrogens with zero attached hydrogens (tertiary/aromatic N) is 5. The maximum absolute atomic E-state index is 9.09. The Hall–Kier alpha value is -3.43. The van der Waals surface area contributed by atoms with Gasteiger partial charge >= 0.3 is 0 Å². The summed E-state index contributed by atoms with van der Waals surface area (Å²) >= 11 is 6.22. The van der Waals surface area contributed by atoms with Gasteiger partial charge in [0.05, 0.1) is 22.8 Å². The van der Waals surface area contributed by atoms with Crippen LogP contribution in [0.3, 0.4) is 0 Å². The van der Waals surface area contributed by atoms with E-state index in [0.717, 1.165) is 33.6 Å². The van der Waals surface area contributed by atoms with Crippen LogP contribution in [0.1, 0.15) is 28.4 Å². The lowest BCUT2D eigenvalue weighted by atomic mass is 10.0. The van der Waals surface area contributed by atoms with Crippen LogP contribution in [0.5, 0.6) is 0 Å². The molecule has 29 heavy (non-hydrogen) atoms. The molecule has 0 fully saturated rings. The minimum Gasteiger partial charge on any atom is -0.421 e. The second kappa shape index (κ2) is 7.53. The lowest BCUT2D eigenvalue weighted by Crippen LogP contribution is -2.04. The minimum atomic E-state index is 0.448. The third-order valence-electron chi connectivity index (χ3n) is 4.82. The van der Waals surface area contributed by atoms with Gasteiger partial charge in [0.25, 0.3) is 0 Å². The van der Waals surface area contributed by atoms with E-state index in [1.807, 2.05) is 54.9 Å². The number of aryl methyl sites for hydroxylation is 2. The van der Waals surface area contributed by atoms with Crippen LogP contribution in [-0.2, 0) is 6.54 Å². The van der Waals surface area contributed by atoms with Crippen LogP contribution in [0.15, 0.2) is 46.9 Å². The number of hydrogen-bond acceptors (Lipinski definition) is 5. The molecule has 7 heteroatoms. The molecule has 6 nitrogen and oxygen atoms in total. The van der Waals surface area contributed by atoms with E-state index in [9.17, 15) is 0 Å². The van der Waals surface area contributed by atoms with E-state index in [4.69, 9.17) is 26.4 Å². The molecule has 2 aromatic heterocycles. The maximum atomic E-state index is 9.09. The van der Waals surface area contributed by atoms with Crippen LogP contribution < -0.4 is 0 Å². The summed E-state index contributed by atoms with van der Waals surface area (Å²) in [5.41, 5.74) is 6.41. The van der Waals surface area contributed by atoms with Crippen molar-refractivity contribution in [1.82, 2.24) is 20.0 Å². The van der Waals surface area contributed by atoms with Crippen molar-refractivity contribution in [2.24, 2.45) is 0 Å². The minimum absolute atomic E-state index is 0.448. The monoisotopic (exact) mass is 403 g/mol. The normalized spacial score (nSPS) is 10.9. The largest absolute Gasteiger partial charge is 0.421 e. The Balaban J connectivity index is 1.61. The van der Waals surface area contributed by atoms with Gasteiger partial charge in [-0.1, -0.05) is 29.8 Å². The van der Waals surface area contributed by atoms with Gasteiger partial charge in [0.15, 0.2) is 0 Å². The van der Waals surface area contributed by atoms with Gasteiger partial charge in [0, 0.05) is 23.7 Å². The van der Waals surface area contributed by atoms with Crippen LogP contribution in [-0.4, -0.2) is 20.0 Å². The average molecular weight is 404 g/mol. The second-order valence-electron chi connectivity index (χ2n) is 6.83. The predicted molar refractivity (Wildman–Crippen MR) is 110 cm³/mol. The molecule has 0 unspecified atom stereocenters. The van der Waals surface area contributed by atoms with Crippen molar-refractivity contribution in [3.63, 3.8) is 0 Å². The smallest absolute Gasteiger partial charge is 0.247 e. The van der Waals surface area contributed by atoms with Gasteiger partial charge in [-0.25, -0.2) is 0 Å². The summed E-state index contributed by atoms with van der Waals surface area (Å²) in [5, 5.41) is 22.2. The summed E-state index contributed by atoms with van der Waals surface area (Å²) in [6.45, 7) is 6.43. The fourth-order valence-electron chi connectivity index (χ4n) is 3.37. The first-order valence-electron chi connectivity index (χ1n) is 9.09. The van der Waals surface area contributed by atoms with Crippen molar-refractivity contribution in [1.29, 1.82) is 5.26 Å². The molecule has 4 aromatic rings. The quantitative estimate of drug-likeness (QED) is 0.473. The number of nitriles is 1. The summed E-state index contributed by atoms with van der Waals surface area (Å²) in [6, 6.07) is 15.6. The summed E-state index contributed by atoms with van der Waals surface area (Å²) < 4.78 is 7.45. The van der Waals surface area contributed by atoms with Crippen molar-refractivity contribution in [3.05, 3.63) is 75.9 Å².